The van der Waals surface area contributed by atoms with E-state index in [-0.39, 0.29) is 49.9 Å². The standard InChI is InChI=1S/C53H58ClN9O7S2/c1-28-30(3)72-52-45(28)46(33-16-18-35(54)19-17-33)58-39(49-61-60-31(4)63(49)52)23-43(65)57-36-20-38(21-36)70-42-11-9-8-10-41(42)69-26-44(66)59-48(53(5,6)7)51(68)62-25-37(64)22-40(62)50(67)55-24-32-12-14-34(15-13-32)47-29(2)56-27-71-47/h8-19,27,36-40,48,64H,20-26H2,1-7H3,(H,55,67)(H,57,65)(H,59,66)/t36?,37-,38?,39+,40+,48-/m1/s1. The van der Waals surface area contributed by atoms with E-state index in [9.17, 15) is 24.3 Å². The van der Waals surface area contributed by atoms with E-state index < -0.39 is 48.1 Å². The molecule has 0 unspecified atom stereocenters. The van der Waals surface area contributed by atoms with E-state index in [4.69, 9.17) is 26.1 Å². The number of rotatable bonds is 15. The summed E-state index contributed by atoms with van der Waals surface area (Å²) in [7, 11) is 0. The first-order chi connectivity index (χ1) is 34.4. The molecular formula is C53H58ClN9O7S2. The number of hydrogen-bond acceptors (Lipinski definition) is 13. The lowest BCUT2D eigenvalue weighted by molar-refractivity contribution is -0.144. The predicted octanol–water partition coefficient (Wildman–Crippen LogP) is 7.54. The average molecular weight is 1030 g/mol. The molecule has 9 rings (SSSR count). The summed E-state index contributed by atoms with van der Waals surface area (Å²) >= 11 is 9.50. The highest BCUT2D eigenvalue weighted by molar-refractivity contribution is 7.15. The molecule has 2 aliphatic heterocycles. The van der Waals surface area contributed by atoms with Crippen LogP contribution in [0.3, 0.4) is 0 Å². The van der Waals surface area contributed by atoms with Crippen LogP contribution in [0.4, 0.5) is 0 Å². The molecule has 5 heterocycles. The number of carbonyl (C=O) groups is 4. The van der Waals surface area contributed by atoms with E-state index in [0.717, 1.165) is 54.0 Å². The van der Waals surface area contributed by atoms with Gasteiger partial charge in [0.1, 0.15) is 35.1 Å². The molecule has 2 fully saturated rings. The van der Waals surface area contributed by atoms with Crippen LogP contribution in [0.25, 0.3) is 15.4 Å². The smallest absolute Gasteiger partial charge is 0.258 e. The molecule has 376 valence electrons. The Balaban J connectivity index is 0.781. The number of ether oxygens (including phenoxy) is 2. The molecule has 3 aromatic carbocycles. The van der Waals surface area contributed by atoms with Crippen molar-refractivity contribution in [1.29, 1.82) is 0 Å². The summed E-state index contributed by atoms with van der Waals surface area (Å²) in [5.41, 5.74) is 7.70. The summed E-state index contributed by atoms with van der Waals surface area (Å²) in [5, 5.41) is 30.2. The van der Waals surface area contributed by atoms with E-state index in [2.05, 4.69) is 45.0 Å². The number of amides is 4. The third kappa shape index (κ3) is 10.8. The minimum Gasteiger partial charge on any atom is -0.486 e. The van der Waals surface area contributed by atoms with Crippen molar-refractivity contribution in [2.75, 3.05) is 13.2 Å². The van der Waals surface area contributed by atoms with Crippen LogP contribution >= 0.6 is 34.3 Å². The van der Waals surface area contributed by atoms with Crippen LogP contribution in [0.15, 0.2) is 83.3 Å². The summed E-state index contributed by atoms with van der Waals surface area (Å²) < 4.78 is 14.4. The third-order valence-electron chi connectivity index (χ3n) is 13.4. The summed E-state index contributed by atoms with van der Waals surface area (Å²) in [6.45, 7) is 13.3. The second kappa shape index (κ2) is 20.9. The quantitative estimate of drug-likeness (QED) is 0.0797. The molecule has 3 aromatic heterocycles. The van der Waals surface area contributed by atoms with Crippen LogP contribution in [0.1, 0.15) is 97.0 Å². The van der Waals surface area contributed by atoms with E-state index >= 15 is 0 Å². The van der Waals surface area contributed by atoms with Crippen LogP contribution in [-0.4, -0.2) is 103 Å². The molecule has 72 heavy (non-hydrogen) atoms. The SMILES string of the molecule is Cc1ncsc1-c1ccc(CNC(=O)[C@@H]2C[C@@H](O)CN2C(=O)[C@@H](NC(=O)COc2ccccc2OC2CC(NC(=O)C[C@@H]3N=C(c4ccc(Cl)cc4)c4c(sc(C)c4C)-n4c(C)nnc43)C2)C(C)(C)C)cc1. The lowest BCUT2D eigenvalue weighted by Gasteiger charge is -2.36. The van der Waals surface area contributed by atoms with Gasteiger partial charge in [0.05, 0.1) is 34.3 Å². The zero-order valence-electron chi connectivity index (χ0n) is 41.2. The lowest BCUT2D eigenvalue weighted by Crippen LogP contribution is -2.58. The molecular weight excluding hydrogens is 974 g/mol. The molecule has 1 saturated heterocycles. The number of aryl methyl sites for hydroxylation is 3. The van der Waals surface area contributed by atoms with Gasteiger partial charge in [-0.1, -0.05) is 80.9 Å². The molecule has 1 saturated carbocycles. The van der Waals surface area contributed by atoms with Gasteiger partial charge in [-0.25, -0.2) is 4.98 Å². The van der Waals surface area contributed by atoms with Gasteiger partial charge in [0.15, 0.2) is 23.9 Å². The summed E-state index contributed by atoms with van der Waals surface area (Å²) in [4.78, 5) is 68.3. The molecule has 4 amide bonds. The maximum Gasteiger partial charge on any atom is 0.258 e. The minimum absolute atomic E-state index is 0.0457. The highest BCUT2D eigenvalue weighted by atomic mass is 35.5. The van der Waals surface area contributed by atoms with Crippen molar-refractivity contribution in [3.8, 4) is 26.9 Å². The van der Waals surface area contributed by atoms with Crippen molar-refractivity contribution in [3.63, 3.8) is 0 Å². The fourth-order valence-corrected chi connectivity index (χ4v) is 11.5. The van der Waals surface area contributed by atoms with Crippen molar-refractivity contribution in [2.45, 2.75) is 117 Å². The summed E-state index contributed by atoms with van der Waals surface area (Å²) in [6, 6.07) is 19.8. The van der Waals surface area contributed by atoms with Gasteiger partial charge in [0.2, 0.25) is 17.7 Å². The second-order valence-electron chi connectivity index (χ2n) is 19.8. The highest BCUT2D eigenvalue weighted by Crippen LogP contribution is 2.40. The number of likely N-dealkylation sites (tertiary alicyclic amines) is 1. The van der Waals surface area contributed by atoms with Crippen LogP contribution in [0, 0.1) is 33.1 Å². The molecule has 1 aliphatic carbocycles. The van der Waals surface area contributed by atoms with Crippen LogP contribution < -0.4 is 25.4 Å². The Labute approximate surface area is 431 Å². The Morgan fingerprint density at radius 2 is 1.61 bits per heavy atom. The highest BCUT2D eigenvalue weighted by Gasteiger charge is 2.45. The normalized spacial score (nSPS) is 19.8. The van der Waals surface area contributed by atoms with Crippen molar-refractivity contribution in [2.24, 2.45) is 10.4 Å². The van der Waals surface area contributed by atoms with Crippen molar-refractivity contribution in [3.05, 3.63) is 128 Å². The number of halogens is 1. The second-order valence-corrected chi connectivity index (χ2v) is 22.3. The fourth-order valence-electron chi connectivity index (χ4n) is 9.35. The van der Waals surface area contributed by atoms with Gasteiger partial charge in [0.25, 0.3) is 5.91 Å². The number of aliphatic imine (C=N–C) groups is 1. The third-order valence-corrected chi connectivity index (χ3v) is 15.8. The molecule has 0 radical (unpaired) electrons. The van der Waals surface area contributed by atoms with E-state index in [1.54, 1.807) is 46.9 Å². The molecule has 0 spiro atoms. The summed E-state index contributed by atoms with van der Waals surface area (Å²) in [6.07, 6.45) is 0.108. The maximum atomic E-state index is 14.2. The van der Waals surface area contributed by atoms with Gasteiger partial charge in [-0.3, -0.25) is 28.7 Å². The topological polar surface area (TPSA) is 202 Å². The molecule has 0 bridgehead atoms. The maximum absolute atomic E-state index is 14.2. The number of hydrogen-bond donors (Lipinski definition) is 4. The van der Waals surface area contributed by atoms with E-state index in [1.807, 2.05) is 93.2 Å². The number of β-amino-alcohol motifs (C(OH)–C–C–N with tert-alkyl or cyclic N) is 1. The zero-order chi connectivity index (χ0) is 51.0. The first-order valence-corrected chi connectivity index (χ1v) is 26.1. The van der Waals surface area contributed by atoms with Gasteiger partial charge in [-0.15, -0.1) is 32.9 Å². The van der Waals surface area contributed by atoms with Crippen molar-refractivity contribution < 1.29 is 33.8 Å². The number of aliphatic hydroxyl groups is 1. The number of thiazole rings is 1. The number of aliphatic hydroxyl groups excluding tert-OH is 1. The number of nitrogens with one attached hydrogen (secondary N) is 3. The van der Waals surface area contributed by atoms with Gasteiger partial charge >= 0.3 is 0 Å². The van der Waals surface area contributed by atoms with Crippen LogP contribution in [-0.2, 0) is 25.7 Å². The number of benzene rings is 3. The number of fused-ring (bicyclic) bond motifs is 3. The number of carbonyl (C=O) groups excluding carboxylic acids is 4. The zero-order valence-corrected chi connectivity index (χ0v) is 43.6. The molecule has 4 N–H and O–H groups in total. The Morgan fingerprint density at radius 3 is 2.31 bits per heavy atom. The Hall–Kier alpha value is -6.47. The molecule has 3 aliphatic rings. The first kappa shape index (κ1) is 50.5. The van der Waals surface area contributed by atoms with Crippen molar-refractivity contribution >= 4 is 63.6 Å². The molecule has 19 heteroatoms. The van der Waals surface area contributed by atoms with Crippen molar-refractivity contribution in [1.82, 2.24) is 40.6 Å². The molecule has 4 atom stereocenters. The average Bonchev–Trinajstić information content (AvgIpc) is 4.11. The van der Waals surface area contributed by atoms with E-state index in [0.29, 0.717) is 41.0 Å². The van der Waals surface area contributed by atoms with Gasteiger partial charge in [-0.2, -0.15) is 0 Å². The number of para-hydroxylation sites is 2. The van der Waals surface area contributed by atoms with Gasteiger partial charge < -0.3 is 35.4 Å². The molecule has 6 aromatic rings. The van der Waals surface area contributed by atoms with E-state index in [1.165, 1.54) is 4.90 Å². The van der Waals surface area contributed by atoms with Gasteiger partial charge in [-0.05, 0) is 74.1 Å². The van der Waals surface area contributed by atoms with Gasteiger partial charge in [0, 0.05) is 59.4 Å². The number of thiophene rings is 1. The largest absolute Gasteiger partial charge is 0.486 e. The minimum atomic E-state index is -1.03. The molecule has 16 nitrogen and oxygen atoms in total. The fraction of sp³-hybridized carbons (Fsp3) is 0.396. The Kier molecular flexibility index (Phi) is 14.7. The predicted molar refractivity (Wildman–Crippen MR) is 277 cm³/mol. The van der Waals surface area contributed by atoms with Crippen LogP contribution in [0.5, 0.6) is 11.5 Å². The Bertz CT molecular complexity index is 3030. The van der Waals surface area contributed by atoms with Crippen LogP contribution in [0.2, 0.25) is 5.02 Å². The first-order valence-electron chi connectivity index (χ1n) is 24.0. The summed E-state index contributed by atoms with van der Waals surface area (Å²) in [5.74, 6) is 0.510. The lowest BCUT2D eigenvalue weighted by atomic mass is 9.85. The number of nitrogens with zero attached hydrogens (tertiary/aromatic N) is 6. The Morgan fingerprint density at radius 1 is 0.903 bits per heavy atom. The monoisotopic (exact) mass is 1030 g/mol. The number of aromatic nitrogens is 4.